The van der Waals surface area contributed by atoms with Crippen molar-refractivity contribution in [1.82, 2.24) is 10.2 Å². The first kappa shape index (κ1) is 14.6. The molecule has 0 aromatic carbocycles. The van der Waals surface area contributed by atoms with E-state index in [2.05, 4.69) is 10.2 Å². The average molecular weight is 336 g/mol. The van der Waals surface area contributed by atoms with Gasteiger partial charge in [0.1, 0.15) is 11.4 Å². The molecule has 0 spiro atoms. The van der Waals surface area contributed by atoms with Gasteiger partial charge < -0.3 is 4.42 Å². The summed E-state index contributed by atoms with van der Waals surface area (Å²) in [6, 6.07) is 3.39. The van der Waals surface area contributed by atoms with Gasteiger partial charge in [-0.25, -0.2) is 0 Å². The third-order valence-electron chi connectivity index (χ3n) is 6.37. The molecule has 1 N–H and O–H groups in total. The van der Waals surface area contributed by atoms with Gasteiger partial charge in [-0.05, 0) is 68.4 Å². The Kier molecular flexibility index (Phi) is 2.84. The summed E-state index contributed by atoms with van der Waals surface area (Å²) in [4.78, 5) is 0. The van der Waals surface area contributed by atoms with Crippen LogP contribution in [0.1, 0.15) is 49.8 Å². The third kappa shape index (κ3) is 2.01. The second-order valence-electron chi connectivity index (χ2n) is 8.00. The van der Waals surface area contributed by atoms with Crippen LogP contribution in [0.15, 0.2) is 22.8 Å². The topological polar surface area (TPSA) is 41.8 Å². The largest absolute Gasteiger partial charge is 0.463 e. The first-order valence-corrected chi connectivity index (χ1v) is 8.64. The van der Waals surface area contributed by atoms with E-state index in [1.54, 1.807) is 12.1 Å². The predicted molar refractivity (Wildman–Crippen MR) is 81.1 cm³/mol. The van der Waals surface area contributed by atoms with Crippen molar-refractivity contribution in [1.29, 1.82) is 0 Å². The zero-order valence-electron chi connectivity index (χ0n) is 13.2. The van der Waals surface area contributed by atoms with Crippen molar-refractivity contribution in [2.24, 2.45) is 17.8 Å². The molecular weight excluding hydrogens is 317 g/mol. The summed E-state index contributed by atoms with van der Waals surface area (Å²) >= 11 is 0. The summed E-state index contributed by atoms with van der Waals surface area (Å²) in [7, 11) is 0. The van der Waals surface area contributed by atoms with Crippen LogP contribution in [0.2, 0.25) is 0 Å². The van der Waals surface area contributed by atoms with Gasteiger partial charge in [0.2, 0.25) is 0 Å². The third-order valence-corrected chi connectivity index (χ3v) is 6.37. The number of alkyl halides is 3. The Bertz CT molecular complexity index is 725. The standard InChI is InChI=1S/C18H19F3N2O/c19-18(20,21)16-14(15(22-23-16)13-2-1-3-24-13)17-7-10-4-11(8-17)6-12(5-10)9-17/h1-3,10-12H,4-9H2,(H,22,23). The summed E-state index contributed by atoms with van der Waals surface area (Å²) in [5.74, 6) is 2.12. The van der Waals surface area contributed by atoms with Gasteiger partial charge in [0.05, 0.1) is 6.26 Å². The molecule has 4 bridgehead atoms. The number of hydrogen-bond acceptors (Lipinski definition) is 2. The summed E-state index contributed by atoms with van der Waals surface area (Å²) < 4.78 is 46.5. The number of hydrogen-bond donors (Lipinski definition) is 1. The molecule has 4 saturated carbocycles. The molecule has 128 valence electrons. The van der Waals surface area contributed by atoms with Crippen molar-refractivity contribution in [2.75, 3.05) is 0 Å². The van der Waals surface area contributed by atoms with Crippen molar-refractivity contribution in [3.8, 4) is 11.5 Å². The van der Waals surface area contributed by atoms with Crippen molar-refractivity contribution in [3.63, 3.8) is 0 Å². The molecule has 4 fully saturated rings. The average Bonchev–Trinajstić information content (AvgIpc) is 3.14. The molecule has 2 aromatic rings. The molecule has 0 unspecified atom stereocenters. The Morgan fingerprint density at radius 1 is 1.08 bits per heavy atom. The molecule has 24 heavy (non-hydrogen) atoms. The van der Waals surface area contributed by atoms with E-state index in [0.29, 0.717) is 34.8 Å². The zero-order chi connectivity index (χ0) is 16.5. The van der Waals surface area contributed by atoms with Crippen LogP contribution in [0.3, 0.4) is 0 Å². The van der Waals surface area contributed by atoms with Crippen molar-refractivity contribution >= 4 is 0 Å². The molecule has 0 saturated heterocycles. The molecule has 0 aliphatic heterocycles. The van der Waals surface area contributed by atoms with Gasteiger partial charge in [0.25, 0.3) is 0 Å². The van der Waals surface area contributed by atoms with Crippen molar-refractivity contribution < 1.29 is 17.6 Å². The maximum atomic E-state index is 13.7. The van der Waals surface area contributed by atoms with Crippen LogP contribution in [0.5, 0.6) is 0 Å². The van der Waals surface area contributed by atoms with Crippen LogP contribution in [0.25, 0.3) is 11.5 Å². The number of aromatic amines is 1. The highest BCUT2D eigenvalue weighted by molar-refractivity contribution is 5.62. The smallest absolute Gasteiger partial charge is 0.433 e. The minimum absolute atomic E-state index is 0.356. The number of H-pyrrole nitrogens is 1. The number of halogens is 3. The van der Waals surface area contributed by atoms with E-state index in [0.717, 1.165) is 19.3 Å². The summed E-state index contributed by atoms with van der Waals surface area (Å²) in [5.41, 5.74) is -0.344. The van der Waals surface area contributed by atoms with Gasteiger partial charge in [-0.15, -0.1) is 0 Å². The van der Waals surface area contributed by atoms with Gasteiger partial charge in [-0.3, -0.25) is 5.10 Å². The van der Waals surface area contributed by atoms with Gasteiger partial charge >= 0.3 is 6.18 Å². The molecule has 0 radical (unpaired) electrons. The lowest BCUT2D eigenvalue weighted by atomic mass is 9.47. The lowest BCUT2D eigenvalue weighted by molar-refractivity contribution is -0.143. The van der Waals surface area contributed by atoms with Crippen LogP contribution in [0, 0.1) is 17.8 Å². The molecule has 4 aliphatic rings. The monoisotopic (exact) mass is 336 g/mol. The van der Waals surface area contributed by atoms with Crippen LogP contribution in [-0.2, 0) is 11.6 Å². The minimum atomic E-state index is -4.42. The summed E-state index contributed by atoms with van der Waals surface area (Å²) in [5, 5.41) is 6.34. The zero-order valence-corrected chi connectivity index (χ0v) is 13.2. The van der Waals surface area contributed by atoms with Gasteiger partial charge in [0, 0.05) is 11.0 Å². The van der Waals surface area contributed by atoms with E-state index in [4.69, 9.17) is 4.42 Å². The molecule has 6 rings (SSSR count). The number of nitrogens with one attached hydrogen (secondary N) is 1. The molecule has 2 heterocycles. The first-order chi connectivity index (χ1) is 11.4. The fraction of sp³-hybridized carbons (Fsp3) is 0.611. The molecule has 3 nitrogen and oxygen atoms in total. The Morgan fingerprint density at radius 3 is 2.21 bits per heavy atom. The first-order valence-electron chi connectivity index (χ1n) is 8.64. The van der Waals surface area contributed by atoms with Crippen LogP contribution >= 0.6 is 0 Å². The van der Waals surface area contributed by atoms with E-state index < -0.39 is 17.3 Å². The van der Waals surface area contributed by atoms with E-state index >= 15 is 0 Å². The number of aromatic nitrogens is 2. The lowest BCUT2D eigenvalue weighted by Crippen LogP contribution is -2.49. The number of rotatable bonds is 2. The van der Waals surface area contributed by atoms with Crippen molar-refractivity contribution in [2.45, 2.75) is 50.1 Å². The molecular formula is C18H19F3N2O. The highest BCUT2D eigenvalue weighted by Gasteiger charge is 2.56. The normalized spacial score (nSPS) is 34.9. The number of nitrogens with zero attached hydrogens (tertiary/aromatic N) is 1. The molecule has 6 heteroatoms. The van der Waals surface area contributed by atoms with E-state index in [1.807, 2.05) is 0 Å². The van der Waals surface area contributed by atoms with Gasteiger partial charge in [-0.2, -0.15) is 18.3 Å². The maximum Gasteiger partial charge on any atom is 0.433 e. The Morgan fingerprint density at radius 2 is 1.71 bits per heavy atom. The van der Waals surface area contributed by atoms with E-state index in [-0.39, 0.29) is 0 Å². The highest BCUT2D eigenvalue weighted by Crippen LogP contribution is 2.62. The quantitative estimate of drug-likeness (QED) is 0.823. The fourth-order valence-electron chi connectivity index (χ4n) is 6.07. The fourth-order valence-corrected chi connectivity index (χ4v) is 6.07. The van der Waals surface area contributed by atoms with Crippen LogP contribution in [-0.4, -0.2) is 10.2 Å². The van der Waals surface area contributed by atoms with Crippen LogP contribution < -0.4 is 0 Å². The van der Waals surface area contributed by atoms with Crippen molar-refractivity contribution in [3.05, 3.63) is 29.7 Å². The molecule has 0 atom stereocenters. The second kappa shape index (κ2) is 4.67. The Hall–Kier alpha value is -1.72. The molecule has 2 aromatic heterocycles. The Balaban J connectivity index is 1.71. The van der Waals surface area contributed by atoms with Crippen LogP contribution in [0.4, 0.5) is 13.2 Å². The minimum Gasteiger partial charge on any atom is -0.463 e. The second-order valence-corrected chi connectivity index (χ2v) is 8.00. The number of furan rings is 1. The molecule has 0 amide bonds. The maximum absolute atomic E-state index is 13.7. The SMILES string of the molecule is FC(F)(F)c1[nH]nc(-c2ccco2)c1C12CC3CC(CC(C3)C1)C2. The van der Waals surface area contributed by atoms with Gasteiger partial charge in [-0.1, -0.05) is 0 Å². The Labute approximate surface area is 137 Å². The lowest BCUT2D eigenvalue weighted by Gasteiger charge is -2.57. The van der Waals surface area contributed by atoms with Gasteiger partial charge in [0.15, 0.2) is 5.76 Å². The summed E-state index contributed by atoms with van der Waals surface area (Å²) in [6.45, 7) is 0. The predicted octanol–water partition coefficient (Wildman–Crippen LogP) is 5.16. The van der Waals surface area contributed by atoms with E-state index in [1.165, 1.54) is 25.5 Å². The molecule has 4 aliphatic carbocycles. The summed E-state index contributed by atoms with van der Waals surface area (Å²) in [6.07, 6.45) is 3.20. The van der Waals surface area contributed by atoms with E-state index in [9.17, 15) is 13.2 Å². The highest BCUT2D eigenvalue weighted by atomic mass is 19.4.